The Morgan fingerprint density at radius 3 is 3.06 bits per heavy atom. The van der Waals surface area contributed by atoms with E-state index < -0.39 is 0 Å². The van der Waals surface area contributed by atoms with E-state index in [-0.39, 0.29) is 0 Å². The van der Waals surface area contributed by atoms with Crippen molar-refractivity contribution in [3.8, 4) is 0 Å². The number of nitrogens with one attached hydrogen (secondary N) is 2. The highest BCUT2D eigenvalue weighted by atomic mass is 16.5. The summed E-state index contributed by atoms with van der Waals surface area (Å²) < 4.78 is 4.99. The maximum Gasteiger partial charge on any atom is 0.227 e. The zero-order valence-corrected chi connectivity index (χ0v) is 10.1. The van der Waals surface area contributed by atoms with Gasteiger partial charge in [-0.25, -0.2) is 4.98 Å². The van der Waals surface area contributed by atoms with Crippen molar-refractivity contribution < 1.29 is 4.74 Å². The molecule has 0 unspecified atom stereocenters. The molecule has 2 heterocycles. The van der Waals surface area contributed by atoms with Crippen LogP contribution in [0.1, 0.15) is 0 Å². The lowest BCUT2D eigenvalue weighted by Crippen LogP contribution is -2.44. The molecule has 17 heavy (non-hydrogen) atoms. The van der Waals surface area contributed by atoms with Gasteiger partial charge in [0.25, 0.3) is 0 Å². The van der Waals surface area contributed by atoms with Crippen LogP contribution in [0.25, 0.3) is 0 Å². The third-order valence-electron chi connectivity index (χ3n) is 2.66. The van der Waals surface area contributed by atoms with Crippen molar-refractivity contribution >= 4 is 11.8 Å². The monoisotopic (exact) mass is 237 g/mol. The van der Waals surface area contributed by atoms with Gasteiger partial charge in [-0.1, -0.05) is 0 Å². The molecule has 0 aliphatic carbocycles. The van der Waals surface area contributed by atoms with Crippen LogP contribution in [0.5, 0.6) is 0 Å². The zero-order valence-electron chi connectivity index (χ0n) is 10.1. The minimum Gasteiger partial charge on any atom is -0.383 e. The molecule has 0 bridgehead atoms. The van der Waals surface area contributed by atoms with E-state index in [1.54, 1.807) is 13.3 Å². The van der Waals surface area contributed by atoms with Gasteiger partial charge in [-0.2, -0.15) is 4.98 Å². The van der Waals surface area contributed by atoms with Crippen LogP contribution in [-0.4, -0.2) is 56.4 Å². The Morgan fingerprint density at radius 2 is 2.29 bits per heavy atom. The molecule has 0 radical (unpaired) electrons. The smallest absolute Gasteiger partial charge is 0.227 e. The maximum atomic E-state index is 4.99. The summed E-state index contributed by atoms with van der Waals surface area (Å²) in [6, 6.07) is 1.88. The SMILES string of the molecule is COCCNc1ccnc(N2CCNCC2)n1. The fourth-order valence-electron chi connectivity index (χ4n) is 1.75. The lowest BCUT2D eigenvalue weighted by Gasteiger charge is -2.27. The number of ether oxygens (including phenoxy) is 1. The van der Waals surface area contributed by atoms with Crippen LogP contribution in [0.4, 0.5) is 11.8 Å². The molecular weight excluding hydrogens is 218 g/mol. The van der Waals surface area contributed by atoms with Crippen LogP contribution < -0.4 is 15.5 Å². The van der Waals surface area contributed by atoms with E-state index in [9.17, 15) is 0 Å². The number of aromatic nitrogens is 2. The highest BCUT2D eigenvalue weighted by molar-refractivity contribution is 5.41. The third kappa shape index (κ3) is 3.54. The van der Waals surface area contributed by atoms with Crippen LogP contribution in [-0.2, 0) is 4.74 Å². The van der Waals surface area contributed by atoms with E-state index in [1.807, 2.05) is 6.07 Å². The van der Waals surface area contributed by atoms with Gasteiger partial charge in [0.2, 0.25) is 5.95 Å². The molecule has 6 heteroatoms. The van der Waals surface area contributed by atoms with Crippen molar-refractivity contribution in [2.24, 2.45) is 0 Å². The fraction of sp³-hybridized carbons (Fsp3) is 0.636. The van der Waals surface area contributed by atoms with E-state index in [0.717, 1.165) is 44.5 Å². The summed E-state index contributed by atoms with van der Waals surface area (Å²) in [7, 11) is 1.69. The number of rotatable bonds is 5. The van der Waals surface area contributed by atoms with E-state index >= 15 is 0 Å². The summed E-state index contributed by atoms with van der Waals surface area (Å²) in [5.74, 6) is 1.65. The Labute approximate surface area is 101 Å². The number of nitrogens with zero attached hydrogens (tertiary/aromatic N) is 3. The zero-order chi connectivity index (χ0) is 11.9. The average molecular weight is 237 g/mol. The first-order valence-corrected chi connectivity index (χ1v) is 5.91. The molecule has 1 aliphatic rings. The molecule has 2 N–H and O–H groups in total. The first kappa shape index (κ1) is 12.1. The molecule has 94 valence electrons. The number of hydrogen-bond donors (Lipinski definition) is 2. The minimum absolute atomic E-state index is 0.674. The first-order chi connectivity index (χ1) is 8.40. The van der Waals surface area contributed by atoms with Gasteiger partial charge in [0.05, 0.1) is 6.61 Å². The second-order valence-corrected chi connectivity index (χ2v) is 3.90. The van der Waals surface area contributed by atoms with Crippen LogP contribution in [0.3, 0.4) is 0 Å². The third-order valence-corrected chi connectivity index (χ3v) is 2.66. The highest BCUT2D eigenvalue weighted by Gasteiger charge is 2.12. The number of methoxy groups -OCH3 is 1. The second kappa shape index (κ2) is 6.36. The maximum absolute atomic E-state index is 4.99. The van der Waals surface area contributed by atoms with Gasteiger partial charge >= 0.3 is 0 Å². The fourth-order valence-corrected chi connectivity index (χ4v) is 1.75. The summed E-state index contributed by atoms with van der Waals surface area (Å²) in [5, 5.41) is 6.52. The highest BCUT2D eigenvalue weighted by Crippen LogP contribution is 2.10. The molecular formula is C11H19N5O. The summed E-state index contributed by atoms with van der Waals surface area (Å²) in [4.78, 5) is 11.0. The first-order valence-electron chi connectivity index (χ1n) is 5.91. The molecule has 0 saturated carbocycles. The van der Waals surface area contributed by atoms with Gasteiger partial charge in [0.15, 0.2) is 0 Å². The molecule has 6 nitrogen and oxygen atoms in total. The number of piperazine rings is 1. The van der Waals surface area contributed by atoms with E-state index in [2.05, 4.69) is 25.5 Å². The van der Waals surface area contributed by atoms with Gasteiger partial charge in [0, 0.05) is 46.0 Å². The van der Waals surface area contributed by atoms with Gasteiger partial charge in [0.1, 0.15) is 5.82 Å². The second-order valence-electron chi connectivity index (χ2n) is 3.90. The predicted octanol–water partition coefficient (Wildman–Crippen LogP) is -0.0555. The Morgan fingerprint density at radius 1 is 1.47 bits per heavy atom. The van der Waals surface area contributed by atoms with Crippen molar-refractivity contribution in [3.63, 3.8) is 0 Å². The largest absolute Gasteiger partial charge is 0.383 e. The Kier molecular flexibility index (Phi) is 4.52. The van der Waals surface area contributed by atoms with Gasteiger partial charge in [-0.05, 0) is 6.07 Å². The molecule has 0 spiro atoms. The van der Waals surface area contributed by atoms with Gasteiger partial charge < -0.3 is 20.3 Å². The normalized spacial score (nSPS) is 15.9. The lowest BCUT2D eigenvalue weighted by molar-refractivity contribution is 0.210. The molecule has 0 atom stereocenters. The summed E-state index contributed by atoms with van der Waals surface area (Å²) in [5.41, 5.74) is 0. The standard InChI is InChI=1S/C11H19N5O/c1-17-9-6-13-10-2-3-14-11(15-10)16-7-4-12-5-8-16/h2-3,12H,4-9H2,1H3,(H,13,14,15). The molecule has 0 amide bonds. The van der Waals surface area contributed by atoms with Gasteiger partial charge in [-0.15, -0.1) is 0 Å². The van der Waals surface area contributed by atoms with E-state index in [1.165, 1.54) is 0 Å². The summed E-state index contributed by atoms with van der Waals surface area (Å²) in [6.45, 7) is 5.33. The van der Waals surface area contributed by atoms with Crippen LogP contribution in [0.15, 0.2) is 12.3 Å². The average Bonchev–Trinajstić information content (AvgIpc) is 2.41. The minimum atomic E-state index is 0.674. The Balaban J connectivity index is 1.95. The molecule has 1 saturated heterocycles. The van der Waals surface area contributed by atoms with Gasteiger partial charge in [-0.3, -0.25) is 0 Å². The van der Waals surface area contributed by atoms with Crippen LogP contribution in [0.2, 0.25) is 0 Å². The molecule has 1 aromatic rings. The summed E-state index contributed by atoms with van der Waals surface area (Å²) in [6.07, 6.45) is 1.79. The molecule has 0 aromatic carbocycles. The van der Waals surface area contributed by atoms with Crippen LogP contribution in [0, 0.1) is 0 Å². The lowest BCUT2D eigenvalue weighted by atomic mass is 10.4. The Hall–Kier alpha value is -1.40. The topological polar surface area (TPSA) is 62.3 Å². The van der Waals surface area contributed by atoms with Crippen molar-refractivity contribution in [2.75, 3.05) is 56.7 Å². The van der Waals surface area contributed by atoms with Crippen LogP contribution >= 0.6 is 0 Å². The predicted molar refractivity (Wildman–Crippen MR) is 67.5 cm³/mol. The van der Waals surface area contributed by atoms with E-state index in [0.29, 0.717) is 6.61 Å². The van der Waals surface area contributed by atoms with Crippen molar-refractivity contribution in [1.29, 1.82) is 0 Å². The van der Waals surface area contributed by atoms with Crippen molar-refractivity contribution in [3.05, 3.63) is 12.3 Å². The van der Waals surface area contributed by atoms with Crippen molar-refractivity contribution in [1.82, 2.24) is 15.3 Å². The molecule has 1 aliphatic heterocycles. The molecule has 1 fully saturated rings. The van der Waals surface area contributed by atoms with Crippen molar-refractivity contribution in [2.45, 2.75) is 0 Å². The summed E-state index contributed by atoms with van der Waals surface area (Å²) >= 11 is 0. The number of hydrogen-bond acceptors (Lipinski definition) is 6. The Bertz CT molecular complexity index is 340. The molecule has 2 rings (SSSR count). The quantitative estimate of drug-likeness (QED) is 0.700. The number of anilines is 2. The molecule has 1 aromatic heterocycles. The van der Waals surface area contributed by atoms with E-state index in [4.69, 9.17) is 4.74 Å².